The normalized spacial score (nSPS) is 17.4. The standard InChI is InChI=1S/C22H24FN3O3S/c23-17-12-10-16(11-13-17)22(27)24-14-5-15-26(18-6-1-2-7-18)21-19-8-3-4-9-20(19)30(28,29)25-21/h3-4,8-13,18H,1-2,5-7,14-15H2,(H,24,27). The Morgan fingerprint density at radius 3 is 2.53 bits per heavy atom. The van der Waals surface area contributed by atoms with Gasteiger partial charge in [-0.1, -0.05) is 25.0 Å². The minimum atomic E-state index is -3.67. The third-order valence-electron chi connectivity index (χ3n) is 5.62. The third kappa shape index (κ3) is 4.23. The molecule has 1 aliphatic carbocycles. The molecule has 4 rings (SSSR count). The number of hydrogen-bond acceptors (Lipinski definition) is 4. The molecule has 0 spiro atoms. The van der Waals surface area contributed by atoms with E-state index in [1.807, 2.05) is 6.07 Å². The number of amidine groups is 1. The van der Waals surface area contributed by atoms with Gasteiger partial charge in [0, 0.05) is 30.3 Å². The molecule has 0 atom stereocenters. The highest BCUT2D eigenvalue weighted by Crippen LogP contribution is 2.32. The van der Waals surface area contributed by atoms with Gasteiger partial charge in [0.1, 0.15) is 10.7 Å². The Bertz CT molecular complexity index is 1060. The van der Waals surface area contributed by atoms with Gasteiger partial charge in [0.2, 0.25) is 0 Å². The van der Waals surface area contributed by atoms with E-state index in [2.05, 4.69) is 14.6 Å². The van der Waals surface area contributed by atoms with Crippen molar-refractivity contribution in [1.29, 1.82) is 0 Å². The number of amides is 1. The van der Waals surface area contributed by atoms with Crippen molar-refractivity contribution in [2.45, 2.75) is 43.0 Å². The van der Waals surface area contributed by atoms with Crippen LogP contribution in [-0.2, 0) is 10.0 Å². The fourth-order valence-corrected chi connectivity index (χ4v) is 5.34. The molecule has 2 aromatic carbocycles. The fraction of sp³-hybridized carbons (Fsp3) is 0.364. The maximum absolute atomic E-state index is 13.0. The number of halogens is 1. The first-order chi connectivity index (χ1) is 14.5. The number of benzene rings is 2. The summed E-state index contributed by atoms with van der Waals surface area (Å²) in [6, 6.07) is 12.6. The monoisotopic (exact) mass is 429 g/mol. The molecule has 0 saturated heterocycles. The number of carbonyl (C=O) groups excluding carboxylic acids is 1. The van der Waals surface area contributed by atoms with E-state index in [4.69, 9.17) is 0 Å². The Balaban J connectivity index is 1.44. The Labute approximate surface area is 175 Å². The van der Waals surface area contributed by atoms with Crippen LogP contribution in [0, 0.1) is 5.82 Å². The first-order valence-electron chi connectivity index (χ1n) is 10.2. The first kappa shape index (κ1) is 20.5. The van der Waals surface area contributed by atoms with Crippen molar-refractivity contribution in [2.75, 3.05) is 13.1 Å². The molecular weight excluding hydrogens is 405 g/mol. The lowest BCUT2D eigenvalue weighted by atomic mass is 10.1. The van der Waals surface area contributed by atoms with E-state index in [-0.39, 0.29) is 22.7 Å². The lowest BCUT2D eigenvalue weighted by molar-refractivity contribution is 0.0952. The number of nitrogens with zero attached hydrogens (tertiary/aromatic N) is 2. The van der Waals surface area contributed by atoms with E-state index in [9.17, 15) is 17.6 Å². The van der Waals surface area contributed by atoms with Gasteiger partial charge < -0.3 is 10.2 Å². The van der Waals surface area contributed by atoms with Crippen molar-refractivity contribution < 1.29 is 17.6 Å². The smallest absolute Gasteiger partial charge is 0.285 e. The summed E-state index contributed by atoms with van der Waals surface area (Å²) in [6.45, 7) is 1.03. The zero-order valence-electron chi connectivity index (χ0n) is 16.6. The van der Waals surface area contributed by atoms with Crippen molar-refractivity contribution >= 4 is 21.8 Å². The van der Waals surface area contributed by atoms with Gasteiger partial charge in [-0.15, -0.1) is 4.40 Å². The molecule has 158 valence electrons. The molecule has 0 unspecified atom stereocenters. The summed E-state index contributed by atoms with van der Waals surface area (Å²) in [4.78, 5) is 14.6. The van der Waals surface area contributed by atoms with Crippen molar-refractivity contribution in [3.63, 3.8) is 0 Å². The molecule has 0 bridgehead atoms. The molecule has 1 heterocycles. The Morgan fingerprint density at radius 1 is 1.10 bits per heavy atom. The van der Waals surface area contributed by atoms with E-state index in [0.29, 0.717) is 36.5 Å². The minimum absolute atomic E-state index is 0.248. The maximum Gasteiger partial charge on any atom is 0.285 e. The van der Waals surface area contributed by atoms with Gasteiger partial charge in [-0.3, -0.25) is 4.79 Å². The van der Waals surface area contributed by atoms with Crippen LogP contribution in [0.2, 0.25) is 0 Å². The molecule has 2 aromatic rings. The number of sulfonamides is 1. The lowest BCUT2D eigenvalue weighted by Crippen LogP contribution is -2.40. The second kappa shape index (κ2) is 8.55. The summed E-state index contributed by atoms with van der Waals surface area (Å²) in [5, 5.41) is 2.84. The van der Waals surface area contributed by atoms with Gasteiger partial charge in [0.25, 0.3) is 15.9 Å². The Kier molecular flexibility index (Phi) is 5.85. The largest absolute Gasteiger partial charge is 0.352 e. The molecule has 0 aromatic heterocycles. The van der Waals surface area contributed by atoms with Crippen LogP contribution in [0.3, 0.4) is 0 Å². The van der Waals surface area contributed by atoms with E-state index in [0.717, 1.165) is 25.7 Å². The predicted molar refractivity (Wildman–Crippen MR) is 112 cm³/mol. The van der Waals surface area contributed by atoms with Crippen molar-refractivity contribution in [2.24, 2.45) is 4.40 Å². The quantitative estimate of drug-likeness (QED) is 0.715. The fourth-order valence-electron chi connectivity index (χ4n) is 4.13. The summed E-state index contributed by atoms with van der Waals surface area (Å²) in [5.74, 6) is -0.123. The molecule has 30 heavy (non-hydrogen) atoms. The summed E-state index contributed by atoms with van der Waals surface area (Å²) in [7, 11) is -3.67. The van der Waals surface area contributed by atoms with Gasteiger partial charge in [-0.05, 0) is 55.7 Å². The number of nitrogens with one attached hydrogen (secondary N) is 1. The van der Waals surface area contributed by atoms with Crippen LogP contribution in [0.25, 0.3) is 0 Å². The van der Waals surface area contributed by atoms with Gasteiger partial charge in [-0.2, -0.15) is 8.42 Å². The first-order valence-corrected chi connectivity index (χ1v) is 11.6. The van der Waals surface area contributed by atoms with Crippen LogP contribution in [-0.4, -0.2) is 44.2 Å². The predicted octanol–water partition coefficient (Wildman–Crippen LogP) is 3.34. The van der Waals surface area contributed by atoms with E-state index >= 15 is 0 Å². The van der Waals surface area contributed by atoms with Crippen molar-refractivity contribution in [1.82, 2.24) is 10.2 Å². The zero-order chi connectivity index (χ0) is 21.1. The highest BCUT2D eigenvalue weighted by Gasteiger charge is 2.35. The minimum Gasteiger partial charge on any atom is -0.352 e. The van der Waals surface area contributed by atoms with Crippen LogP contribution in [0.15, 0.2) is 57.8 Å². The number of fused-ring (bicyclic) bond motifs is 1. The Morgan fingerprint density at radius 2 is 1.80 bits per heavy atom. The summed E-state index contributed by atoms with van der Waals surface area (Å²) < 4.78 is 42.1. The molecule has 2 aliphatic rings. The van der Waals surface area contributed by atoms with E-state index < -0.39 is 10.0 Å². The van der Waals surface area contributed by atoms with E-state index in [1.165, 1.54) is 24.3 Å². The molecule has 1 fully saturated rings. The molecule has 0 radical (unpaired) electrons. The summed E-state index contributed by atoms with van der Waals surface area (Å²) in [5.41, 5.74) is 1.06. The number of carbonyl (C=O) groups is 1. The van der Waals surface area contributed by atoms with Gasteiger partial charge in [-0.25, -0.2) is 4.39 Å². The second-order valence-electron chi connectivity index (χ2n) is 7.63. The third-order valence-corrected chi connectivity index (χ3v) is 6.94. The van der Waals surface area contributed by atoms with Crippen LogP contribution in [0.1, 0.15) is 48.0 Å². The Hall–Kier alpha value is -2.74. The van der Waals surface area contributed by atoms with Crippen LogP contribution in [0.5, 0.6) is 0 Å². The topological polar surface area (TPSA) is 78.8 Å². The molecule has 1 aliphatic heterocycles. The maximum atomic E-state index is 13.0. The highest BCUT2D eigenvalue weighted by molar-refractivity contribution is 7.90. The summed E-state index contributed by atoms with van der Waals surface area (Å²) in [6.07, 6.45) is 4.88. The number of hydrogen-bond donors (Lipinski definition) is 1. The molecule has 1 amide bonds. The highest BCUT2D eigenvalue weighted by atomic mass is 32.2. The van der Waals surface area contributed by atoms with Gasteiger partial charge >= 0.3 is 0 Å². The molecule has 1 N–H and O–H groups in total. The van der Waals surface area contributed by atoms with Crippen LogP contribution >= 0.6 is 0 Å². The van der Waals surface area contributed by atoms with Gasteiger partial charge in [0.15, 0.2) is 5.84 Å². The average Bonchev–Trinajstić information content (AvgIpc) is 3.35. The molecule has 1 saturated carbocycles. The summed E-state index contributed by atoms with van der Waals surface area (Å²) >= 11 is 0. The van der Waals surface area contributed by atoms with Crippen LogP contribution in [0.4, 0.5) is 4.39 Å². The zero-order valence-corrected chi connectivity index (χ0v) is 17.4. The average molecular weight is 430 g/mol. The van der Waals surface area contributed by atoms with Crippen molar-refractivity contribution in [3.8, 4) is 0 Å². The second-order valence-corrected chi connectivity index (χ2v) is 9.21. The van der Waals surface area contributed by atoms with Crippen molar-refractivity contribution in [3.05, 3.63) is 65.5 Å². The van der Waals surface area contributed by atoms with E-state index in [1.54, 1.807) is 18.2 Å². The molecular formula is C22H24FN3O3S. The molecule has 8 heteroatoms. The van der Waals surface area contributed by atoms with Gasteiger partial charge in [0.05, 0.1) is 0 Å². The SMILES string of the molecule is O=C(NCCCN(C1=NS(=O)(=O)c2ccccc21)C1CCCC1)c1ccc(F)cc1. The molecule has 6 nitrogen and oxygen atoms in total. The number of rotatable bonds is 6. The lowest BCUT2D eigenvalue weighted by Gasteiger charge is -2.31. The van der Waals surface area contributed by atoms with Crippen LogP contribution < -0.4 is 5.32 Å².